The number of nitrogens with one attached hydrogen (secondary N) is 2. The molecule has 2 amide bonds. The van der Waals surface area contributed by atoms with Crippen LogP contribution in [0.1, 0.15) is 54.1 Å². The van der Waals surface area contributed by atoms with Gasteiger partial charge >= 0.3 is 5.97 Å². The smallest absolute Gasteiger partial charge is 0.305 e. The first-order valence-corrected chi connectivity index (χ1v) is 15.7. The van der Waals surface area contributed by atoms with E-state index in [9.17, 15) is 27.9 Å². The van der Waals surface area contributed by atoms with E-state index >= 15 is 0 Å². The fourth-order valence-electron chi connectivity index (χ4n) is 4.75. The number of halogens is 1. The predicted molar refractivity (Wildman–Crippen MR) is 165 cm³/mol. The van der Waals surface area contributed by atoms with Crippen LogP contribution in [0, 0.1) is 0 Å². The number of carboxylic acids is 1. The lowest BCUT2D eigenvalue weighted by Crippen LogP contribution is -2.38. The third-order valence-electron chi connectivity index (χ3n) is 6.68. The molecule has 230 valence electrons. The first-order valence-electron chi connectivity index (χ1n) is 13.9. The van der Waals surface area contributed by atoms with Crippen LogP contribution in [-0.4, -0.2) is 52.1 Å². The minimum Gasteiger partial charge on any atom is -0.481 e. The molecule has 4 rings (SSSR count). The van der Waals surface area contributed by atoms with Crippen LogP contribution in [0.5, 0.6) is 0 Å². The zero-order valence-corrected chi connectivity index (χ0v) is 25.7. The molecule has 2 heterocycles. The Hall–Kier alpha value is -4.55. The number of nitrogens with zero attached hydrogens (tertiary/aromatic N) is 3. The van der Waals surface area contributed by atoms with Gasteiger partial charge in [0.1, 0.15) is 5.69 Å². The monoisotopic (exact) mass is 637 g/mol. The molecule has 0 aliphatic rings. The largest absolute Gasteiger partial charge is 0.481 e. The van der Waals surface area contributed by atoms with Crippen molar-refractivity contribution in [1.29, 1.82) is 0 Å². The van der Waals surface area contributed by atoms with Gasteiger partial charge in [0.2, 0.25) is 5.91 Å². The molecular formula is C31H32ClN5O6S. The highest BCUT2D eigenvalue weighted by Crippen LogP contribution is 2.27. The molecule has 1 atom stereocenters. The third kappa shape index (κ3) is 8.29. The van der Waals surface area contributed by atoms with Gasteiger partial charge in [0.15, 0.2) is 0 Å². The summed E-state index contributed by atoms with van der Waals surface area (Å²) in [5.74, 6) is -2.24. The summed E-state index contributed by atoms with van der Waals surface area (Å²) in [7, 11) is -4.07. The van der Waals surface area contributed by atoms with Crippen molar-refractivity contribution in [2.24, 2.45) is 0 Å². The molecule has 0 spiro atoms. The number of hydrogen-bond acceptors (Lipinski definition) is 7. The molecule has 0 bridgehead atoms. The topological polar surface area (TPSA) is 160 Å². The number of carbonyl (C=O) groups is 3. The van der Waals surface area contributed by atoms with Gasteiger partial charge in [0, 0.05) is 41.0 Å². The molecule has 2 aromatic carbocycles. The summed E-state index contributed by atoms with van der Waals surface area (Å²) in [5.41, 5.74) is 3.22. The van der Waals surface area contributed by atoms with Gasteiger partial charge in [-0.1, -0.05) is 67.4 Å². The minimum atomic E-state index is -4.07. The number of aryl methyl sites for hydroxylation is 1. The number of amides is 2. The number of aromatic nitrogens is 3. The van der Waals surface area contributed by atoms with E-state index in [0.717, 1.165) is 24.6 Å². The average molecular weight is 638 g/mol. The highest BCUT2D eigenvalue weighted by Gasteiger charge is 2.23. The van der Waals surface area contributed by atoms with E-state index in [2.05, 4.69) is 15.4 Å². The molecule has 0 aliphatic heterocycles. The van der Waals surface area contributed by atoms with E-state index in [1.165, 1.54) is 6.07 Å². The zero-order chi connectivity index (χ0) is 31.9. The van der Waals surface area contributed by atoms with Crippen molar-refractivity contribution in [3.8, 4) is 11.1 Å². The molecule has 1 unspecified atom stereocenters. The Labute approximate surface area is 260 Å². The number of benzene rings is 2. The standard InChI is InChI=1S/C31H32ClN5O6S/c1-3-8-25-17-28(31(41)34-24(16-30(39)40)15-21-9-4-6-11-27(21)32)35-37(25)19-23-14-13-22(18-33-23)26-10-5-7-12-29(26)44(42,43)36-20(2)38/h4-7,9-14,17-18,24H,3,8,15-16,19H2,1-2H3,(H,34,41)(H,36,38)(H,39,40). The van der Waals surface area contributed by atoms with E-state index in [-0.39, 0.29) is 30.0 Å². The van der Waals surface area contributed by atoms with Crippen LogP contribution in [0.25, 0.3) is 11.1 Å². The number of carboxylic acid groups (broad SMARTS) is 1. The van der Waals surface area contributed by atoms with E-state index in [1.807, 2.05) is 11.6 Å². The zero-order valence-electron chi connectivity index (χ0n) is 24.2. The van der Waals surface area contributed by atoms with E-state index in [1.54, 1.807) is 71.5 Å². The molecule has 0 saturated carbocycles. The second kappa shape index (κ2) is 14.3. The highest BCUT2D eigenvalue weighted by molar-refractivity contribution is 7.90. The summed E-state index contributed by atoms with van der Waals surface area (Å²) in [6.45, 7) is 3.37. The molecule has 0 fully saturated rings. The first kappa shape index (κ1) is 32.4. The maximum absolute atomic E-state index is 13.2. The lowest BCUT2D eigenvalue weighted by molar-refractivity contribution is -0.137. The molecular weight excluding hydrogens is 606 g/mol. The maximum atomic E-state index is 13.2. The van der Waals surface area contributed by atoms with E-state index in [4.69, 9.17) is 11.6 Å². The van der Waals surface area contributed by atoms with Gasteiger partial charge in [-0.25, -0.2) is 13.1 Å². The van der Waals surface area contributed by atoms with Crippen molar-refractivity contribution in [2.45, 2.75) is 57.0 Å². The molecule has 0 aliphatic carbocycles. The van der Waals surface area contributed by atoms with E-state index < -0.39 is 33.8 Å². The number of carbonyl (C=O) groups excluding carboxylic acids is 2. The fraction of sp³-hybridized carbons (Fsp3) is 0.258. The summed E-state index contributed by atoms with van der Waals surface area (Å²) < 4.78 is 29.1. The number of pyridine rings is 1. The molecule has 11 nitrogen and oxygen atoms in total. The van der Waals surface area contributed by atoms with Gasteiger partial charge in [-0.3, -0.25) is 24.0 Å². The summed E-state index contributed by atoms with van der Waals surface area (Å²) in [4.78, 5) is 40.6. The molecule has 3 N–H and O–H groups in total. The quantitative estimate of drug-likeness (QED) is 0.196. The Balaban J connectivity index is 1.54. The summed E-state index contributed by atoms with van der Waals surface area (Å²) in [5, 5.41) is 17.2. The van der Waals surface area contributed by atoms with E-state index in [0.29, 0.717) is 28.3 Å². The summed E-state index contributed by atoms with van der Waals surface area (Å²) in [6.07, 6.45) is 2.94. The molecule has 4 aromatic rings. The molecule has 44 heavy (non-hydrogen) atoms. The fourth-order valence-corrected chi connectivity index (χ4v) is 6.18. The van der Waals surface area contributed by atoms with Gasteiger partial charge in [0.05, 0.1) is 23.6 Å². The van der Waals surface area contributed by atoms with Crippen molar-refractivity contribution < 1.29 is 27.9 Å². The third-order valence-corrected chi connectivity index (χ3v) is 8.54. The number of rotatable bonds is 13. The number of aliphatic carboxylic acids is 1. The van der Waals surface area contributed by atoms with Crippen molar-refractivity contribution in [1.82, 2.24) is 24.8 Å². The van der Waals surface area contributed by atoms with Crippen LogP contribution in [0.3, 0.4) is 0 Å². The van der Waals surface area contributed by atoms with Crippen LogP contribution < -0.4 is 10.0 Å². The Morgan fingerprint density at radius 3 is 2.43 bits per heavy atom. The minimum absolute atomic E-state index is 0.0477. The van der Waals surface area contributed by atoms with Gasteiger partial charge in [-0.2, -0.15) is 5.10 Å². The normalized spacial score (nSPS) is 12.0. The Kier molecular flexibility index (Phi) is 10.5. The Bertz CT molecular complexity index is 1770. The van der Waals surface area contributed by atoms with Crippen LogP contribution >= 0.6 is 11.6 Å². The summed E-state index contributed by atoms with van der Waals surface area (Å²) in [6, 6.07) is 17.8. The van der Waals surface area contributed by atoms with Crippen molar-refractivity contribution in [3.05, 3.63) is 101 Å². The molecule has 0 radical (unpaired) electrons. The van der Waals surface area contributed by atoms with Crippen molar-refractivity contribution in [3.63, 3.8) is 0 Å². The van der Waals surface area contributed by atoms with Gasteiger partial charge in [0.25, 0.3) is 15.9 Å². The lowest BCUT2D eigenvalue weighted by Gasteiger charge is -2.17. The van der Waals surface area contributed by atoms with Gasteiger partial charge in [-0.05, 0) is 42.7 Å². The van der Waals surface area contributed by atoms with Crippen LogP contribution in [-0.2, 0) is 39.0 Å². The Morgan fingerprint density at radius 1 is 1.05 bits per heavy atom. The lowest BCUT2D eigenvalue weighted by atomic mass is 10.0. The van der Waals surface area contributed by atoms with Crippen LogP contribution in [0.2, 0.25) is 5.02 Å². The molecule has 0 saturated heterocycles. The second-order valence-electron chi connectivity index (χ2n) is 10.2. The van der Waals surface area contributed by atoms with Crippen LogP contribution in [0.4, 0.5) is 0 Å². The number of sulfonamides is 1. The number of hydrogen-bond donors (Lipinski definition) is 3. The predicted octanol–water partition coefficient (Wildman–Crippen LogP) is 4.24. The maximum Gasteiger partial charge on any atom is 0.305 e. The Morgan fingerprint density at radius 2 is 1.77 bits per heavy atom. The average Bonchev–Trinajstić information content (AvgIpc) is 3.36. The summed E-state index contributed by atoms with van der Waals surface area (Å²) >= 11 is 6.26. The molecule has 13 heteroatoms. The van der Waals surface area contributed by atoms with Gasteiger partial charge in [-0.15, -0.1) is 0 Å². The van der Waals surface area contributed by atoms with Gasteiger partial charge < -0.3 is 10.4 Å². The second-order valence-corrected chi connectivity index (χ2v) is 12.2. The SMILES string of the molecule is CCCc1cc(C(=O)NC(CC(=O)O)Cc2ccccc2Cl)nn1Cc1ccc(-c2ccccc2S(=O)(=O)NC(C)=O)cn1. The van der Waals surface area contributed by atoms with Crippen molar-refractivity contribution in [2.75, 3.05) is 0 Å². The van der Waals surface area contributed by atoms with Crippen molar-refractivity contribution >= 4 is 39.4 Å². The van der Waals surface area contributed by atoms with Crippen LogP contribution in [0.15, 0.2) is 77.8 Å². The highest BCUT2D eigenvalue weighted by atomic mass is 35.5. The first-order chi connectivity index (χ1) is 21.0. The molecule has 2 aromatic heterocycles.